The molecule has 6 nitrogen and oxygen atoms in total. The molecule has 6 heteroatoms. The maximum atomic E-state index is 5.69. The van der Waals surface area contributed by atoms with Crippen molar-refractivity contribution < 1.29 is 0 Å². The molecule has 0 unspecified atom stereocenters. The number of nitrogens with zero attached hydrogens (tertiary/aromatic N) is 5. The molecule has 2 aromatic rings. The van der Waals surface area contributed by atoms with Crippen molar-refractivity contribution in [2.45, 2.75) is 26.9 Å². The number of nitrogens with two attached hydrogens (primary N) is 1. The van der Waals surface area contributed by atoms with Crippen molar-refractivity contribution in [1.29, 1.82) is 0 Å². The Morgan fingerprint density at radius 3 is 2.55 bits per heavy atom. The Labute approximate surface area is 131 Å². The predicted octanol–water partition coefficient (Wildman–Crippen LogP) is 1.51. The van der Waals surface area contributed by atoms with E-state index in [2.05, 4.69) is 39.9 Å². The lowest BCUT2D eigenvalue weighted by molar-refractivity contribution is 0.249. The highest BCUT2D eigenvalue weighted by atomic mass is 15.3. The van der Waals surface area contributed by atoms with Crippen LogP contribution in [0.25, 0.3) is 0 Å². The topological polar surface area (TPSA) is 63.2 Å². The first kappa shape index (κ1) is 14.8. The zero-order valence-corrected chi connectivity index (χ0v) is 13.4. The Kier molecular flexibility index (Phi) is 4.29. The summed E-state index contributed by atoms with van der Waals surface area (Å²) in [6.45, 7) is 10.2. The summed E-state index contributed by atoms with van der Waals surface area (Å²) in [5.74, 6) is 1.02. The molecule has 3 heterocycles. The summed E-state index contributed by atoms with van der Waals surface area (Å²) in [6.07, 6.45) is 3.90. The highest BCUT2D eigenvalue weighted by Gasteiger charge is 2.19. The van der Waals surface area contributed by atoms with Crippen molar-refractivity contribution in [3.8, 4) is 0 Å². The molecule has 118 valence electrons. The number of hydrogen-bond donors (Lipinski definition) is 1. The van der Waals surface area contributed by atoms with E-state index in [9.17, 15) is 0 Å². The van der Waals surface area contributed by atoms with Gasteiger partial charge < -0.3 is 10.6 Å². The lowest BCUT2D eigenvalue weighted by atomic mass is 10.2. The molecule has 2 N–H and O–H groups in total. The zero-order valence-electron chi connectivity index (χ0n) is 13.4. The van der Waals surface area contributed by atoms with E-state index in [0.29, 0.717) is 5.69 Å². The minimum Gasteiger partial charge on any atom is -0.397 e. The zero-order chi connectivity index (χ0) is 15.5. The van der Waals surface area contributed by atoms with Crippen LogP contribution < -0.4 is 10.6 Å². The third kappa shape index (κ3) is 3.22. The molecular weight excluding hydrogens is 276 g/mol. The molecule has 0 aliphatic carbocycles. The SMILES string of the molecule is CCn1cc(CN2CCN(c3ccc(N)cn3)CC2)c(C)n1. The molecule has 0 saturated carbocycles. The summed E-state index contributed by atoms with van der Waals surface area (Å²) in [6, 6.07) is 3.91. The summed E-state index contributed by atoms with van der Waals surface area (Å²) in [5, 5.41) is 4.52. The maximum Gasteiger partial charge on any atom is 0.128 e. The van der Waals surface area contributed by atoms with Gasteiger partial charge in [0, 0.05) is 51.0 Å². The normalized spacial score (nSPS) is 16.2. The fraction of sp³-hybridized carbons (Fsp3) is 0.500. The number of hydrogen-bond acceptors (Lipinski definition) is 5. The Morgan fingerprint density at radius 1 is 1.18 bits per heavy atom. The highest BCUT2D eigenvalue weighted by molar-refractivity contribution is 5.46. The number of aryl methyl sites for hydroxylation is 2. The monoisotopic (exact) mass is 300 g/mol. The lowest BCUT2D eigenvalue weighted by Crippen LogP contribution is -2.46. The van der Waals surface area contributed by atoms with Crippen LogP contribution >= 0.6 is 0 Å². The van der Waals surface area contributed by atoms with Gasteiger partial charge in [-0.3, -0.25) is 9.58 Å². The first-order chi connectivity index (χ1) is 10.7. The average molecular weight is 300 g/mol. The van der Waals surface area contributed by atoms with E-state index in [1.54, 1.807) is 6.20 Å². The first-order valence-corrected chi connectivity index (χ1v) is 7.87. The van der Waals surface area contributed by atoms with Gasteiger partial charge in [-0.15, -0.1) is 0 Å². The number of aromatic nitrogens is 3. The smallest absolute Gasteiger partial charge is 0.128 e. The van der Waals surface area contributed by atoms with Gasteiger partial charge in [-0.05, 0) is 26.0 Å². The molecule has 1 aliphatic rings. The molecule has 0 spiro atoms. The Hall–Kier alpha value is -2.08. The second-order valence-electron chi connectivity index (χ2n) is 5.81. The molecule has 22 heavy (non-hydrogen) atoms. The van der Waals surface area contributed by atoms with Crippen LogP contribution in [0.15, 0.2) is 24.5 Å². The summed E-state index contributed by atoms with van der Waals surface area (Å²) < 4.78 is 2.01. The predicted molar refractivity (Wildman–Crippen MR) is 88.8 cm³/mol. The van der Waals surface area contributed by atoms with E-state index >= 15 is 0 Å². The van der Waals surface area contributed by atoms with Gasteiger partial charge in [0.2, 0.25) is 0 Å². The molecule has 3 rings (SSSR count). The fourth-order valence-electron chi connectivity index (χ4n) is 2.84. The molecule has 0 amide bonds. The summed E-state index contributed by atoms with van der Waals surface area (Å²) in [5.41, 5.74) is 8.89. The summed E-state index contributed by atoms with van der Waals surface area (Å²) in [7, 11) is 0. The van der Waals surface area contributed by atoms with Crippen LogP contribution in [0, 0.1) is 6.92 Å². The van der Waals surface area contributed by atoms with Crippen molar-refractivity contribution in [3.63, 3.8) is 0 Å². The molecule has 1 saturated heterocycles. The van der Waals surface area contributed by atoms with E-state index in [0.717, 1.165) is 50.8 Å². The third-order valence-electron chi connectivity index (χ3n) is 4.23. The van der Waals surface area contributed by atoms with Crippen molar-refractivity contribution in [1.82, 2.24) is 19.7 Å². The second kappa shape index (κ2) is 6.36. The maximum absolute atomic E-state index is 5.69. The average Bonchev–Trinajstić information content (AvgIpc) is 2.89. The standard InChI is InChI=1S/C16H24N6/c1-3-22-12-14(13(2)19-22)11-20-6-8-21(9-7-20)16-5-4-15(17)10-18-16/h4-5,10,12H,3,6-9,11,17H2,1-2H3. The van der Waals surface area contributed by atoms with E-state index in [-0.39, 0.29) is 0 Å². The third-order valence-corrected chi connectivity index (χ3v) is 4.23. The van der Waals surface area contributed by atoms with Crippen molar-refractivity contribution in [3.05, 3.63) is 35.8 Å². The summed E-state index contributed by atoms with van der Waals surface area (Å²) in [4.78, 5) is 9.21. The molecule has 1 fully saturated rings. The van der Waals surface area contributed by atoms with Gasteiger partial charge in [0.25, 0.3) is 0 Å². The van der Waals surface area contributed by atoms with Gasteiger partial charge in [0.1, 0.15) is 5.82 Å². The van der Waals surface area contributed by atoms with Crippen LogP contribution in [0.2, 0.25) is 0 Å². The van der Waals surface area contributed by atoms with E-state index in [1.165, 1.54) is 5.56 Å². The van der Waals surface area contributed by atoms with Gasteiger partial charge in [0.05, 0.1) is 17.6 Å². The van der Waals surface area contributed by atoms with Crippen LogP contribution in [0.1, 0.15) is 18.2 Å². The number of nitrogen functional groups attached to an aromatic ring is 1. The minimum atomic E-state index is 0.714. The Balaban J connectivity index is 1.57. The van der Waals surface area contributed by atoms with E-state index in [1.807, 2.05) is 16.8 Å². The van der Waals surface area contributed by atoms with Gasteiger partial charge in [0.15, 0.2) is 0 Å². The Bertz CT molecular complexity index is 610. The number of pyridine rings is 1. The Morgan fingerprint density at radius 2 is 1.95 bits per heavy atom. The quantitative estimate of drug-likeness (QED) is 0.927. The molecule has 1 aliphatic heterocycles. The van der Waals surface area contributed by atoms with Crippen molar-refractivity contribution >= 4 is 11.5 Å². The van der Waals surface area contributed by atoms with Gasteiger partial charge in [-0.25, -0.2) is 4.98 Å². The van der Waals surface area contributed by atoms with Crippen LogP contribution in [0.5, 0.6) is 0 Å². The second-order valence-corrected chi connectivity index (χ2v) is 5.81. The number of rotatable bonds is 4. The molecule has 0 aromatic carbocycles. The number of anilines is 2. The molecule has 0 bridgehead atoms. The highest BCUT2D eigenvalue weighted by Crippen LogP contribution is 2.16. The van der Waals surface area contributed by atoms with Crippen LogP contribution in [-0.2, 0) is 13.1 Å². The largest absolute Gasteiger partial charge is 0.397 e. The molecular formula is C16H24N6. The molecule has 2 aromatic heterocycles. The minimum absolute atomic E-state index is 0.714. The van der Waals surface area contributed by atoms with Crippen LogP contribution in [-0.4, -0.2) is 45.8 Å². The lowest BCUT2D eigenvalue weighted by Gasteiger charge is -2.35. The van der Waals surface area contributed by atoms with Gasteiger partial charge >= 0.3 is 0 Å². The molecule has 0 atom stereocenters. The first-order valence-electron chi connectivity index (χ1n) is 7.87. The van der Waals surface area contributed by atoms with Crippen molar-refractivity contribution in [2.24, 2.45) is 0 Å². The van der Waals surface area contributed by atoms with E-state index in [4.69, 9.17) is 5.73 Å². The molecule has 0 radical (unpaired) electrons. The fourth-order valence-corrected chi connectivity index (χ4v) is 2.84. The van der Waals surface area contributed by atoms with Gasteiger partial charge in [-0.1, -0.05) is 0 Å². The van der Waals surface area contributed by atoms with Crippen LogP contribution in [0.4, 0.5) is 11.5 Å². The van der Waals surface area contributed by atoms with E-state index < -0.39 is 0 Å². The van der Waals surface area contributed by atoms with Crippen molar-refractivity contribution in [2.75, 3.05) is 36.8 Å². The van der Waals surface area contributed by atoms with Crippen LogP contribution in [0.3, 0.4) is 0 Å². The number of piperazine rings is 1. The summed E-state index contributed by atoms with van der Waals surface area (Å²) >= 11 is 0. The van der Waals surface area contributed by atoms with Gasteiger partial charge in [-0.2, -0.15) is 5.10 Å².